The van der Waals surface area contributed by atoms with Crippen molar-refractivity contribution in [2.24, 2.45) is 0 Å². The molecule has 75 valence electrons. The van der Waals surface area contributed by atoms with Gasteiger partial charge >= 0.3 is 0 Å². The molecule has 14 heavy (non-hydrogen) atoms. The van der Waals surface area contributed by atoms with E-state index in [2.05, 4.69) is 11.7 Å². The Hall–Kier alpha value is -1.05. The van der Waals surface area contributed by atoms with Crippen molar-refractivity contribution in [2.75, 3.05) is 5.32 Å². The van der Waals surface area contributed by atoms with Gasteiger partial charge in [-0.3, -0.25) is 0 Å². The lowest BCUT2D eigenvalue weighted by Crippen LogP contribution is -2.22. The molecule has 1 atom stereocenters. The highest BCUT2D eigenvalue weighted by atomic mass is 19.1. The van der Waals surface area contributed by atoms with Crippen LogP contribution in [0.2, 0.25) is 0 Å². The molecule has 1 aromatic carbocycles. The summed E-state index contributed by atoms with van der Waals surface area (Å²) in [6.45, 7) is 0. The second-order valence-electron chi connectivity index (χ2n) is 3.80. The molecule has 1 aliphatic rings. The average molecular weight is 192 g/mol. The van der Waals surface area contributed by atoms with Crippen molar-refractivity contribution in [3.63, 3.8) is 0 Å². The van der Waals surface area contributed by atoms with Crippen LogP contribution in [0.15, 0.2) is 24.3 Å². The van der Waals surface area contributed by atoms with Crippen molar-refractivity contribution < 1.29 is 4.39 Å². The van der Waals surface area contributed by atoms with Crippen LogP contribution in [0.4, 0.5) is 10.1 Å². The van der Waals surface area contributed by atoms with E-state index in [0.29, 0.717) is 6.04 Å². The van der Waals surface area contributed by atoms with Crippen LogP contribution in [0.3, 0.4) is 0 Å². The van der Waals surface area contributed by atoms with Crippen molar-refractivity contribution >= 4 is 5.69 Å². The van der Waals surface area contributed by atoms with E-state index in [9.17, 15) is 4.39 Å². The minimum atomic E-state index is -0.175. The largest absolute Gasteiger partial charge is 0.382 e. The molecule has 0 bridgehead atoms. The van der Waals surface area contributed by atoms with Crippen LogP contribution in [0.1, 0.15) is 25.7 Å². The fourth-order valence-corrected chi connectivity index (χ4v) is 1.86. The van der Waals surface area contributed by atoms with E-state index >= 15 is 0 Å². The van der Waals surface area contributed by atoms with Gasteiger partial charge in [0.15, 0.2) is 0 Å². The van der Waals surface area contributed by atoms with Crippen LogP contribution in [0.5, 0.6) is 0 Å². The molecular weight excluding hydrogens is 177 g/mol. The number of hydrogen-bond acceptors (Lipinski definition) is 1. The summed E-state index contributed by atoms with van der Waals surface area (Å²) < 4.78 is 12.6. The molecule has 1 saturated carbocycles. The topological polar surface area (TPSA) is 12.0 Å². The number of halogens is 1. The normalized spacial score (nSPS) is 18.1. The van der Waals surface area contributed by atoms with Gasteiger partial charge in [0.25, 0.3) is 0 Å². The summed E-state index contributed by atoms with van der Waals surface area (Å²) in [5.74, 6) is -0.175. The zero-order valence-corrected chi connectivity index (χ0v) is 8.17. The quantitative estimate of drug-likeness (QED) is 0.757. The van der Waals surface area contributed by atoms with Gasteiger partial charge in [0.1, 0.15) is 5.82 Å². The molecule has 2 rings (SSSR count). The van der Waals surface area contributed by atoms with E-state index in [4.69, 9.17) is 0 Å². The van der Waals surface area contributed by atoms with Gasteiger partial charge in [-0.05, 0) is 43.5 Å². The Morgan fingerprint density at radius 2 is 2.00 bits per heavy atom. The van der Waals surface area contributed by atoms with Crippen LogP contribution >= 0.6 is 0 Å². The molecule has 0 heterocycles. The summed E-state index contributed by atoms with van der Waals surface area (Å²) in [5.41, 5.74) is 1.02. The Bertz CT molecular complexity index is 275. The van der Waals surface area contributed by atoms with Gasteiger partial charge in [-0.1, -0.05) is 12.8 Å². The number of hydrogen-bond donors (Lipinski definition) is 1. The Labute approximate surface area is 84.3 Å². The molecule has 0 aliphatic heterocycles. The minimum absolute atomic E-state index is 0.175. The maximum Gasteiger partial charge on any atom is 0.123 e. The second kappa shape index (κ2) is 4.45. The Morgan fingerprint density at radius 3 is 2.64 bits per heavy atom. The average Bonchev–Trinajstić information content (AvgIpc) is 2.23. The van der Waals surface area contributed by atoms with Gasteiger partial charge in [-0.15, -0.1) is 0 Å². The van der Waals surface area contributed by atoms with Crippen LogP contribution < -0.4 is 5.32 Å². The molecule has 2 heteroatoms. The first-order valence-corrected chi connectivity index (χ1v) is 5.18. The highest BCUT2D eigenvalue weighted by Gasteiger charge is 2.12. The molecule has 1 nitrogen and oxygen atoms in total. The van der Waals surface area contributed by atoms with Crippen LogP contribution in [-0.2, 0) is 0 Å². The molecule has 1 N–H and O–H groups in total. The molecule has 1 aliphatic carbocycles. The summed E-state index contributed by atoms with van der Waals surface area (Å²) in [4.78, 5) is 0. The minimum Gasteiger partial charge on any atom is -0.382 e. The van der Waals surface area contributed by atoms with Gasteiger partial charge in [0, 0.05) is 11.7 Å². The van der Waals surface area contributed by atoms with Crippen molar-refractivity contribution in [3.8, 4) is 0 Å². The van der Waals surface area contributed by atoms with Gasteiger partial charge in [0.2, 0.25) is 0 Å². The maximum atomic E-state index is 12.6. The van der Waals surface area contributed by atoms with Gasteiger partial charge < -0.3 is 5.32 Å². The summed E-state index contributed by atoms with van der Waals surface area (Å²) in [6, 6.07) is 7.12. The molecule has 0 aromatic heterocycles. The fraction of sp³-hybridized carbons (Fsp3) is 0.417. The predicted molar refractivity (Wildman–Crippen MR) is 56.6 cm³/mol. The van der Waals surface area contributed by atoms with Crippen molar-refractivity contribution in [1.29, 1.82) is 0 Å². The Balaban J connectivity index is 1.92. The lowest BCUT2D eigenvalue weighted by atomic mass is 9.95. The van der Waals surface area contributed by atoms with Crippen LogP contribution in [0.25, 0.3) is 0 Å². The Kier molecular flexibility index (Phi) is 3.02. The summed E-state index contributed by atoms with van der Waals surface area (Å²) in [7, 11) is 0. The number of rotatable bonds is 2. The first-order chi connectivity index (χ1) is 6.84. The molecule has 0 spiro atoms. The molecule has 1 radical (unpaired) electrons. The van der Waals surface area contributed by atoms with E-state index < -0.39 is 0 Å². The third-order valence-corrected chi connectivity index (χ3v) is 2.63. The highest BCUT2D eigenvalue weighted by Crippen LogP contribution is 2.20. The first-order valence-electron chi connectivity index (χ1n) is 5.18. The number of benzene rings is 1. The third-order valence-electron chi connectivity index (χ3n) is 2.63. The summed E-state index contributed by atoms with van der Waals surface area (Å²) in [6.07, 6.45) is 7.16. The van der Waals surface area contributed by atoms with E-state index in [0.717, 1.165) is 12.1 Å². The number of anilines is 1. The van der Waals surface area contributed by atoms with E-state index in [1.165, 1.54) is 31.4 Å². The van der Waals surface area contributed by atoms with Gasteiger partial charge in [-0.25, -0.2) is 4.39 Å². The molecular formula is C12H15FN. The molecule has 1 unspecified atom stereocenters. The van der Waals surface area contributed by atoms with Crippen molar-refractivity contribution in [3.05, 3.63) is 36.5 Å². The van der Waals surface area contributed by atoms with Crippen LogP contribution in [0, 0.1) is 12.2 Å². The molecule has 0 saturated heterocycles. The lowest BCUT2D eigenvalue weighted by molar-refractivity contribution is 0.539. The van der Waals surface area contributed by atoms with E-state index in [-0.39, 0.29) is 5.82 Å². The maximum absolute atomic E-state index is 12.6. The van der Waals surface area contributed by atoms with E-state index in [1.54, 1.807) is 12.1 Å². The van der Waals surface area contributed by atoms with Gasteiger partial charge in [-0.2, -0.15) is 0 Å². The predicted octanol–water partition coefficient (Wildman–Crippen LogP) is 3.38. The summed E-state index contributed by atoms with van der Waals surface area (Å²) >= 11 is 0. The standard InChI is InChI=1S/C12H15FN/c13-10-6-8-12(9-7-10)14-11-4-2-1-3-5-11/h2,6-9,11,14H,1,3-5H2. The zero-order valence-electron chi connectivity index (χ0n) is 8.17. The SMILES string of the molecule is Fc1ccc(NC2C[CH]CCC2)cc1. The zero-order chi connectivity index (χ0) is 9.80. The van der Waals surface area contributed by atoms with Crippen molar-refractivity contribution in [1.82, 2.24) is 0 Å². The Morgan fingerprint density at radius 1 is 1.21 bits per heavy atom. The summed E-state index contributed by atoms with van der Waals surface area (Å²) in [5, 5.41) is 3.41. The highest BCUT2D eigenvalue weighted by molar-refractivity contribution is 5.43. The first kappa shape index (κ1) is 9.50. The number of nitrogens with one attached hydrogen (secondary N) is 1. The monoisotopic (exact) mass is 192 g/mol. The van der Waals surface area contributed by atoms with Crippen LogP contribution in [-0.4, -0.2) is 6.04 Å². The smallest absolute Gasteiger partial charge is 0.123 e. The van der Waals surface area contributed by atoms with Crippen molar-refractivity contribution in [2.45, 2.75) is 31.7 Å². The van der Waals surface area contributed by atoms with E-state index in [1.807, 2.05) is 0 Å². The van der Waals surface area contributed by atoms with Gasteiger partial charge in [0.05, 0.1) is 0 Å². The molecule has 1 fully saturated rings. The lowest BCUT2D eigenvalue weighted by Gasteiger charge is -2.23. The third kappa shape index (κ3) is 2.47. The molecule has 1 aromatic rings. The second-order valence-corrected chi connectivity index (χ2v) is 3.80. The fourth-order valence-electron chi connectivity index (χ4n) is 1.86. The molecule has 0 amide bonds.